The number of hydrogen-bond acceptors (Lipinski definition) is 4. The third kappa shape index (κ3) is 4.55. The molecule has 1 fully saturated rings. The van der Waals surface area contributed by atoms with Gasteiger partial charge in [0.15, 0.2) is 0 Å². The molecule has 1 amide bonds. The van der Waals surface area contributed by atoms with Crippen molar-refractivity contribution in [2.45, 2.75) is 58.3 Å². The van der Waals surface area contributed by atoms with Crippen molar-refractivity contribution < 1.29 is 9.53 Å². The van der Waals surface area contributed by atoms with E-state index in [1.165, 1.54) is 0 Å². The quantitative estimate of drug-likeness (QED) is 0.771. The summed E-state index contributed by atoms with van der Waals surface area (Å²) in [6.07, 6.45) is 2.41. The van der Waals surface area contributed by atoms with Crippen LogP contribution in [0.5, 0.6) is 0 Å². The molecule has 1 aliphatic rings. The Labute approximate surface area is 113 Å². The first-order valence-electron chi connectivity index (χ1n) is 6.57. The van der Waals surface area contributed by atoms with Crippen molar-refractivity contribution in [2.75, 3.05) is 0 Å². The van der Waals surface area contributed by atoms with Gasteiger partial charge in [-0.15, -0.1) is 0 Å². The van der Waals surface area contributed by atoms with E-state index < -0.39 is 5.60 Å². The highest BCUT2D eigenvalue weighted by Crippen LogP contribution is 2.22. The van der Waals surface area contributed by atoms with Gasteiger partial charge in [-0.25, -0.2) is 9.78 Å². The van der Waals surface area contributed by atoms with Crippen LogP contribution in [0.3, 0.4) is 0 Å². The lowest BCUT2D eigenvalue weighted by Crippen LogP contribution is -2.36. The zero-order valence-electron chi connectivity index (χ0n) is 11.9. The largest absolute Gasteiger partial charge is 0.444 e. The molecule has 106 valence electrons. The Kier molecular flexibility index (Phi) is 3.80. The first kappa shape index (κ1) is 13.9. The van der Waals surface area contributed by atoms with E-state index in [9.17, 15) is 4.79 Å². The van der Waals surface area contributed by atoms with Crippen molar-refractivity contribution >= 4 is 6.09 Å². The molecule has 6 heteroatoms. The molecule has 1 aromatic heterocycles. The number of carbonyl (C=O) groups excluding carboxylic acids is 1. The number of amides is 1. The maximum atomic E-state index is 11.6. The maximum Gasteiger partial charge on any atom is 0.407 e. The second-order valence-electron chi connectivity index (χ2n) is 5.97. The van der Waals surface area contributed by atoms with Crippen LogP contribution >= 0.6 is 0 Å². The van der Waals surface area contributed by atoms with Crippen LogP contribution in [0.4, 0.5) is 4.79 Å². The highest BCUT2D eigenvalue weighted by Gasteiger charge is 2.38. The normalized spacial score (nSPS) is 22.1. The summed E-state index contributed by atoms with van der Waals surface area (Å²) in [6.45, 7) is 8.23. The summed E-state index contributed by atoms with van der Waals surface area (Å²) >= 11 is 0. The lowest BCUT2D eigenvalue weighted by atomic mass is 10.2. The molecule has 2 atom stereocenters. The van der Waals surface area contributed by atoms with Crippen molar-refractivity contribution in [3.05, 3.63) is 17.7 Å². The molecule has 1 aliphatic carbocycles. The van der Waals surface area contributed by atoms with Crippen molar-refractivity contribution in [3.63, 3.8) is 0 Å². The molecule has 2 unspecified atom stereocenters. The van der Waals surface area contributed by atoms with E-state index in [2.05, 4.69) is 20.6 Å². The summed E-state index contributed by atoms with van der Waals surface area (Å²) in [4.78, 5) is 18.9. The number of imidazole rings is 1. The van der Waals surface area contributed by atoms with Gasteiger partial charge in [-0.3, -0.25) is 0 Å². The fourth-order valence-electron chi connectivity index (χ4n) is 1.84. The van der Waals surface area contributed by atoms with E-state index in [4.69, 9.17) is 4.74 Å². The fourth-order valence-corrected chi connectivity index (χ4v) is 1.84. The number of nitrogens with zero attached hydrogens (tertiary/aromatic N) is 1. The van der Waals surface area contributed by atoms with E-state index in [-0.39, 0.29) is 12.1 Å². The summed E-state index contributed by atoms with van der Waals surface area (Å²) < 4.78 is 5.21. The second kappa shape index (κ2) is 5.21. The highest BCUT2D eigenvalue weighted by molar-refractivity contribution is 5.68. The van der Waals surface area contributed by atoms with Gasteiger partial charge in [0.2, 0.25) is 0 Å². The Morgan fingerprint density at radius 2 is 2.26 bits per heavy atom. The summed E-state index contributed by atoms with van der Waals surface area (Å²) in [5.74, 6) is 0.913. The molecule has 2 rings (SSSR count). The highest BCUT2D eigenvalue weighted by atomic mass is 16.6. The standard InChI is InChI=1S/C13H22N4O2/c1-8-14-6-9(16-8)7-15-10-5-11(10)17-12(18)19-13(2,3)4/h6,10-11,15H,5,7H2,1-4H3,(H,14,16)(H,17,18). The topological polar surface area (TPSA) is 79.0 Å². The lowest BCUT2D eigenvalue weighted by molar-refractivity contribution is 0.0522. The average Bonchev–Trinajstić information content (AvgIpc) is 2.84. The van der Waals surface area contributed by atoms with Crippen LogP contribution < -0.4 is 10.6 Å². The number of carbonyl (C=O) groups is 1. The lowest BCUT2D eigenvalue weighted by Gasteiger charge is -2.19. The molecule has 0 aliphatic heterocycles. The average molecular weight is 266 g/mol. The van der Waals surface area contributed by atoms with Gasteiger partial charge in [-0.2, -0.15) is 0 Å². The molecule has 0 radical (unpaired) electrons. The predicted octanol–water partition coefficient (Wildman–Crippen LogP) is 1.47. The molecule has 6 nitrogen and oxygen atoms in total. The number of aromatic amines is 1. The molecule has 0 saturated heterocycles. The Hall–Kier alpha value is -1.56. The number of aromatic nitrogens is 2. The molecule has 19 heavy (non-hydrogen) atoms. The Morgan fingerprint density at radius 3 is 2.84 bits per heavy atom. The predicted molar refractivity (Wildman–Crippen MR) is 71.7 cm³/mol. The van der Waals surface area contributed by atoms with E-state index in [1.807, 2.05) is 33.9 Å². The molecule has 0 spiro atoms. The smallest absolute Gasteiger partial charge is 0.407 e. The van der Waals surface area contributed by atoms with Crippen LogP contribution in [0.25, 0.3) is 0 Å². The zero-order chi connectivity index (χ0) is 14.0. The third-order valence-corrected chi connectivity index (χ3v) is 2.80. The number of ether oxygens (including phenoxy) is 1. The minimum Gasteiger partial charge on any atom is -0.444 e. The second-order valence-corrected chi connectivity index (χ2v) is 5.97. The number of alkyl carbamates (subject to hydrolysis) is 1. The third-order valence-electron chi connectivity index (χ3n) is 2.80. The number of H-pyrrole nitrogens is 1. The fraction of sp³-hybridized carbons (Fsp3) is 0.692. The number of rotatable bonds is 4. The van der Waals surface area contributed by atoms with Gasteiger partial charge in [-0.1, -0.05) is 0 Å². The van der Waals surface area contributed by atoms with Gasteiger partial charge >= 0.3 is 6.09 Å². The molecule has 1 heterocycles. The minimum atomic E-state index is -0.449. The Morgan fingerprint density at radius 1 is 1.53 bits per heavy atom. The molecule has 1 aromatic rings. The monoisotopic (exact) mass is 266 g/mol. The molecule has 3 N–H and O–H groups in total. The molecular formula is C13H22N4O2. The first-order valence-corrected chi connectivity index (χ1v) is 6.57. The summed E-state index contributed by atoms with van der Waals surface area (Å²) in [5.41, 5.74) is 0.607. The van der Waals surface area contributed by atoms with Crippen LogP contribution in [-0.2, 0) is 11.3 Å². The maximum absolute atomic E-state index is 11.6. The number of nitrogens with one attached hydrogen (secondary N) is 3. The number of hydrogen-bond donors (Lipinski definition) is 3. The van der Waals surface area contributed by atoms with E-state index in [0.717, 1.165) is 24.5 Å². The molecular weight excluding hydrogens is 244 g/mol. The summed E-state index contributed by atoms with van der Waals surface area (Å²) in [5, 5.41) is 6.22. The van der Waals surface area contributed by atoms with E-state index >= 15 is 0 Å². The van der Waals surface area contributed by atoms with Crippen LogP contribution in [0.15, 0.2) is 6.20 Å². The van der Waals surface area contributed by atoms with Crippen molar-refractivity contribution in [1.29, 1.82) is 0 Å². The number of aryl methyl sites for hydroxylation is 1. The Balaban J connectivity index is 1.66. The van der Waals surface area contributed by atoms with Crippen molar-refractivity contribution in [2.24, 2.45) is 0 Å². The van der Waals surface area contributed by atoms with E-state index in [0.29, 0.717) is 6.04 Å². The van der Waals surface area contributed by atoms with Gasteiger partial charge in [0.25, 0.3) is 0 Å². The summed E-state index contributed by atoms with van der Waals surface area (Å²) in [6, 6.07) is 0.481. The molecule has 0 bridgehead atoms. The molecule has 0 aromatic carbocycles. The SMILES string of the molecule is Cc1ncc(CNC2CC2NC(=O)OC(C)(C)C)[nH]1. The summed E-state index contributed by atoms with van der Waals surface area (Å²) in [7, 11) is 0. The van der Waals surface area contributed by atoms with E-state index in [1.54, 1.807) is 0 Å². The van der Waals surface area contributed by atoms with Crippen LogP contribution in [0, 0.1) is 6.92 Å². The van der Waals surface area contributed by atoms with Crippen molar-refractivity contribution in [3.8, 4) is 0 Å². The van der Waals surface area contributed by atoms with Gasteiger partial charge in [0, 0.05) is 30.5 Å². The first-order chi connectivity index (χ1) is 8.83. The molecule has 1 saturated carbocycles. The zero-order valence-corrected chi connectivity index (χ0v) is 11.9. The minimum absolute atomic E-state index is 0.166. The van der Waals surface area contributed by atoms with Crippen molar-refractivity contribution in [1.82, 2.24) is 20.6 Å². The van der Waals surface area contributed by atoms with Gasteiger partial charge < -0.3 is 20.4 Å². The van der Waals surface area contributed by atoms with Crippen LogP contribution in [0.1, 0.15) is 38.7 Å². The van der Waals surface area contributed by atoms with Crippen LogP contribution in [-0.4, -0.2) is 33.7 Å². The van der Waals surface area contributed by atoms with Crippen LogP contribution in [0.2, 0.25) is 0 Å². The van der Waals surface area contributed by atoms with Gasteiger partial charge in [0.05, 0.1) is 0 Å². The van der Waals surface area contributed by atoms with Gasteiger partial charge in [0.1, 0.15) is 11.4 Å². The Bertz CT molecular complexity index is 450. The van der Waals surface area contributed by atoms with Gasteiger partial charge in [-0.05, 0) is 34.1 Å².